The van der Waals surface area contributed by atoms with Crippen molar-refractivity contribution in [3.63, 3.8) is 0 Å². The van der Waals surface area contributed by atoms with Gasteiger partial charge in [-0.25, -0.2) is 0 Å². The number of thiocarbonyl (C=S) groups is 1. The lowest BCUT2D eigenvalue weighted by molar-refractivity contribution is -0.122. The second-order valence-electron chi connectivity index (χ2n) is 9.52. The molecule has 3 heterocycles. The molecule has 0 N–H and O–H groups in total. The number of benzene rings is 1. The Morgan fingerprint density at radius 2 is 1.89 bits per heavy atom. The van der Waals surface area contributed by atoms with Gasteiger partial charge in [0.05, 0.1) is 4.91 Å². The Balaban J connectivity index is 1.66. The summed E-state index contributed by atoms with van der Waals surface area (Å²) in [6, 6.07) is 12.6. The zero-order valence-electron chi connectivity index (χ0n) is 21.1. The predicted molar refractivity (Wildman–Crippen MR) is 151 cm³/mol. The summed E-state index contributed by atoms with van der Waals surface area (Å²) in [5.74, 6) is 1.25. The van der Waals surface area contributed by atoms with Gasteiger partial charge in [0.25, 0.3) is 11.5 Å². The molecular formula is C28H32N4O2S2. The first-order valence-corrected chi connectivity index (χ1v) is 13.8. The highest BCUT2D eigenvalue weighted by molar-refractivity contribution is 8.26. The maximum atomic E-state index is 13.2. The van der Waals surface area contributed by atoms with E-state index in [2.05, 4.69) is 42.2 Å². The van der Waals surface area contributed by atoms with E-state index in [1.165, 1.54) is 17.3 Å². The minimum atomic E-state index is -0.302. The summed E-state index contributed by atoms with van der Waals surface area (Å²) in [6.07, 6.45) is 6.78. The minimum absolute atomic E-state index is 0.0993. The first-order valence-electron chi connectivity index (χ1n) is 12.5. The van der Waals surface area contributed by atoms with Crippen LogP contribution in [0, 0.1) is 24.2 Å². The van der Waals surface area contributed by atoms with E-state index in [9.17, 15) is 14.9 Å². The highest BCUT2D eigenvalue weighted by atomic mass is 32.2. The topological polar surface area (TPSA) is 69.3 Å². The number of nitrogens with zero attached hydrogens (tertiary/aromatic N) is 4. The molecule has 36 heavy (non-hydrogen) atoms. The quantitative estimate of drug-likeness (QED) is 0.377. The lowest BCUT2D eigenvalue weighted by atomic mass is 9.90. The average molecular weight is 521 g/mol. The summed E-state index contributed by atoms with van der Waals surface area (Å²) in [5.41, 5.74) is 2.53. The highest BCUT2D eigenvalue weighted by Gasteiger charge is 2.33. The molecule has 188 valence electrons. The molecule has 2 aromatic rings. The molecule has 2 saturated heterocycles. The van der Waals surface area contributed by atoms with Crippen molar-refractivity contribution >= 4 is 46.1 Å². The molecule has 0 saturated carbocycles. The molecule has 0 radical (unpaired) electrons. The Labute approximate surface area is 222 Å². The van der Waals surface area contributed by atoms with E-state index in [0.717, 1.165) is 56.6 Å². The maximum Gasteiger partial charge on any atom is 0.270 e. The van der Waals surface area contributed by atoms with E-state index in [4.69, 9.17) is 12.2 Å². The van der Waals surface area contributed by atoms with Crippen LogP contribution in [0.4, 0.5) is 5.82 Å². The third kappa shape index (κ3) is 5.28. The van der Waals surface area contributed by atoms with Crippen molar-refractivity contribution in [1.29, 1.82) is 5.26 Å². The monoisotopic (exact) mass is 520 g/mol. The van der Waals surface area contributed by atoms with E-state index in [1.807, 2.05) is 12.1 Å². The van der Waals surface area contributed by atoms with Crippen LogP contribution in [0.25, 0.3) is 6.08 Å². The van der Waals surface area contributed by atoms with Crippen LogP contribution in [-0.2, 0) is 18.3 Å². The molecule has 4 rings (SSSR count). The number of pyridine rings is 1. The molecule has 0 bridgehead atoms. The van der Waals surface area contributed by atoms with Crippen LogP contribution < -0.4 is 10.5 Å². The number of unbranched alkanes of at least 4 members (excludes halogenated alkanes) is 1. The fourth-order valence-corrected chi connectivity index (χ4v) is 6.32. The summed E-state index contributed by atoms with van der Waals surface area (Å²) in [4.78, 5) is 30.6. The number of amides is 1. The minimum Gasteiger partial charge on any atom is -0.357 e. The van der Waals surface area contributed by atoms with Crippen LogP contribution >= 0.6 is 24.0 Å². The van der Waals surface area contributed by atoms with Gasteiger partial charge in [-0.3, -0.25) is 19.1 Å². The number of piperidine rings is 1. The van der Waals surface area contributed by atoms with E-state index in [-0.39, 0.29) is 17.0 Å². The van der Waals surface area contributed by atoms with Crippen LogP contribution in [0.2, 0.25) is 0 Å². The number of carbonyl (C=O) groups excluding carboxylic acids is 1. The third-order valence-electron chi connectivity index (χ3n) is 7.13. The van der Waals surface area contributed by atoms with Gasteiger partial charge in [0.15, 0.2) is 0 Å². The molecule has 8 heteroatoms. The van der Waals surface area contributed by atoms with Gasteiger partial charge in [0.2, 0.25) is 0 Å². The van der Waals surface area contributed by atoms with Crippen molar-refractivity contribution < 1.29 is 4.79 Å². The number of aromatic nitrogens is 1. The van der Waals surface area contributed by atoms with E-state index in [0.29, 0.717) is 27.3 Å². The summed E-state index contributed by atoms with van der Waals surface area (Å²) < 4.78 is 2.14. The number of hydrogen-bond acceptors (Lipinski definition) is 6. The first kappa shape index (κ1) is 26.2. The molecule has 2 aliphatic heterocycles. The SMILES string of the molecule is CCCCN1C(=O)/C(=C/c2c(C)c(C#N)c(=O)n(C)c2N2CCC(Cc3ccccc3)CC2)SC1=S. The van der Waals surface area contributed by atoms with E-state index >= 15 is 0 Å². The lowest BCUT2D eigenvalue weighted by Gasteiger charge is -2.36. The van der Waals surface area contributed by atoms with Crippen molar-refractivity contribution in [3.05, 3.63) is 67.8 Å². The molecular weight excluding hydrogens is 488 g/mol. The number of hydrogen-bond donors (Lipinski definition) is 0. The van der Waals surface area contributed by atoms with Gasteiger partial charge in [-0.1, -0.05) is 67.7 Å². The van der Waals surface area contributed by atoms with Crippen molar-refractivity contribution in [2.75, 3.05) is 24.5 Å². The van der Waals surface area contributed by atoms with E-state index in [1.54, 1.807) is 23.4 Å². The van der Waals surface area contributed by atoms with Gasteiger partial charge in [-0.05, 0) is 55.7 Å². The molecule has 1 aromatic heterocycles. The number of thioether (sulfide) groups is 1. The van der Waals surface area contributed by atoms with Crippen LogP contribution in [0.3, 0.4) is 0 Å². The van der Waals surface area contributed by atoms with Crippen molar-refractivity contribution in [3.8, 4) is 6.07 Å². The molecule has 0 unspecified atom stereocenters. The van der Waals surface area contributed by atoms with Gasteiger partial charge in [-0.2, -0.15) is 5.26 Å². The van der Waals surface area contributed by atoms with E-state index < -0.39 is 0 Å². The van der Waals surface area contributed by atoms with Crippen LogP contribution in [0.15, 0.2) is 40.0 Å². The van der Waals surface area contributed by atoms with Gasteiger partial charge in [0.1, 0.15) is 21.8 Å². The number of carbonyl (C=O) groups is 1. The molecule has 1 amide bonds. The molecule has 2 aliphatic rings. The van der Waals surface area contributed by atoms with Crippen LogP contribution in [0.5, 0.6) is 0 Å². The second-order valence-corrected chi connectivity index (χ2v) is 11.2. The van der Waals surface area contributed by atoms with Gasteiger partial charge < -0.3 is 4.90 Å². The lowest BCUT2D eigenvalue weighted by Crippen LogP contribution is -2.39. The van der Waals surface area contributed by atoms with Crippen molar-refractivity contribution in [2.24, 2.45) is 13.0 Å². The summed E-state index contributed by atoms with van der Waals surface area (Å²) >= 11 is 6.78. The normalized spacial score (nSPS) is 17.8. The number of anilines is 1. The molecule has 2 fully saturated rings. The smallest absolute Gasteiger partial charge is 0.270 e. The first-order chi connectivity index (χ1) is 17.3. The average Bonchev–Trinajstić information content (AvgIpc) is 3.15. The summed E-state index contributed by atoms with van der Waals surface area (Å²) in [7, 11) is 1.72. The molecule has 6 nitrogen and oxygen atoms in total. The standard InChI is InChI=1S/C28H32N4O2S2/c1-4-5-13-32-27(34)24(36-28(32)35)17-22-19(2)23(18-29)26(33)30(3)25(22)31-14-11-21(12-15-31)16-20-9-7-6-8-10-20/h6-10,17,21H,4-5,11-16H2,1-3H3/b24-17-. The Kier molecular flexibility index (Phi) is 8.32. The Bertz CT molecular complexity index is 1290. The number of rotatable bonds is 7. The Morgan fingerprint density at radius 1 is 1.19 bits per heavy atom. The largest absolute Gasteiger partial charge is 0.357 e. The maximum absolute atomic E-state index is 13.2. The predicted octanol–water partition coefficient (Wildman–Crippen LogP) is 5.03. The van der Waals surface area contributed by atoms with Gasteiger partial charge in [0, 0.05) is 32.2 Å². The fraction of sp³-hybridized carbons (Fsp3) is 0.429. The second kappa shape index (κ2) is 11.4. The van der Waals surface area contributed by atoms with Crippen molar-refractivity contribution in [1.82, 2.24) is 9.47 Å². The van der Waals surface area contributed by atoms with Crippen LogP contribution in [0.1, 0.15) is 54.9 Å². The van der Waals surface area contributed by atoms with Gasteiger partial charge >= 0.3 is 0 Å². The highest BCUT2D eigenvalue weighted by Crippen LogP contribution is 2.36. The zero-order chi connectivity index (χ0) is 25.8. The Morgan fingerprint density at radius 3 is 2.53 bits per heavy atom. The summed E-state index contributed by atoms with van der Waals surface area (Å²) in [5, 5.41) is 9.72. The zero-order valence-corrected chi connectivity index (χ0v) is 22.8. The fourth-order valence-electron chi connectivity index (χ4n) is 5.03. The van der Waals surface area contributed by atoms with Gasteiger partial charge in [-0.15, -0.1) is 0 Å². The molecule has 1 aromatic carbocycles. The Hall–Kier alpha value is -2.89. The third-order valence-corrected chi connectivity index (χ3v) is 8.51. The van der Waals surface area contributed by atoms with Crippen LogP contribution in [-0.4, -0.2) is 39.3 Å². The molecule has 0 atom stereocenters. The van der Waals surface area contributed by atoms with Crippen molar-refractivity contribution in [2.45, 2.75) is 46.0 Å². The molecule has 0 spiro atoms. The molecule has 0 aliphatic carbocycles. The number of nitriles is 1. The summed E-state index contributed by atoms with van der Waals surface area (Å²) in [6.45, 7) is 6.12.